The molecule has 0 aliphatic rings. The van der Waals surface area contributed by atoms with Crippen LogP contribution in [0.1, 0.15) is 33.6 Å². The summed E-state index contributed by atoms with van der Waals surface area (Å²) >= 11 is 0. The Hall–Kier alpha value is -0.570. The van der Waals surface area contributed by atoms with Crippen molar-refractivity contribution < 1.29 is 14.6 Å². The quantitative estimate of drug-likeness (QED) is 0.626. The Bertz CT molecular complexity index is 132. The molecule has 0 spiro atoms. The van der Waals surface area contributed by atoms with Crippen molar-refractivity contribution in [3.63, 3.8) is 0 Å². The van der Waals surface area contributed by atoms with E-state index in [2.05, 4.69) is 13.8 Å². The predicted molar refractivity (Wildman–Crippen MR) is 47.1 cm³/mol. The van der Waals surface area contributed by atoms with Gasteiger partial charge < -0.3 is 9.84 Å². The van der Waals surface area contributed by atoms with Gasteiger partial charge in [-0.1, -0.05) is 13.8 Å². The highest BCUT2D eigenvalue weighted by Gasteiger charge is 2.06. The van der Waals surface area contributed by atoms with E-state index in [9.17, 15) is 4.79 Å². The molecule has 0 saturated carbocycles. The van der Waals surface area contributed by atoms with Gasteiger partial charge in [0.05, 0.1) is 6.10 Å². The van der Waals surface area contributed by atoms with Crippen LogP contribution in [-0.4, -0.2) is 23.8 Å². The van der Waals surface area contributed by atoms with Crippen molar-refractivity contribution in [3.05, 3.63) is 0 Å². The topological polar surface area (TPSA) is 46.5 Å². The van der Waals surface area contributed by atoms with E-state index >= 15 is 0 Å². The Morgan fingerprint density at radius 2 is 2.00 bits per heavy atom. The van der Waals surface area contributed by atoms with Crippen molar-refractivity contribution in [2.75, 3.05) is 6.61 Å². The maximum atomic E-state index is 10.1. The lowest BCUT2D eigenvalue weighted by atomic mass is 10.1. The minimum atomic E-state index is -0.754. The molecule has 1 N–H and O–H groups in total. The Morgan fingerprint density at radius 3 is 2.42 bits per heavy atom. The fourth-order valence-electron chi connectivity index (χ4n) is 0.685. The molecule has 0 fully saturated rings. The number of hydrogen-bond donors (Lipinski definition) is 1. The van der Waals surface area contributed by atoms with E-state index in [0.29, 0.717) is 18.9 Å². The third kappa shape index (κ3) is 6.16. The molecule has 0 aromatic heterocycles. The number of hydrogen-bond acceptors (Lipinski definition) is 2. The fourth-order valence-corrected chi connectivity index (χ4v) is 0.685. The van der Waals surface area contributed by atoms with E-state index in [1.54, 1.807) is 0 Å². The molecule has 0 aromatic rings. The SMILES string of the molecule is CC(C)C(C)OCCCC(=O)O. The Balaban J connectivity index is 3.25. The predicted octanol–water partition coefficient (Wildman–Crippen LogP) is 1.91. The van der Waals surface area contributed by atoms with E-state index in [1.165, 1.54) is 0 Å². The average molecular weight is 174 g/mol. The molecule has 0 radical (unpaired) electrons. The molecule has 1 unspecified atom stereocenters. The van der Waals surface area contributed by atoms with Crippen LogP contribution in [0, 0.1) is 5.92 Å². The molecule has 1 atom stereocenters. The van der Waals surface area contributed by atoms with Crippen LogP contribution in [0.15, 0.2) is 0 Å². The first-order valence-electron chi connectivity index (χ1n) is 4.37. The van der Waals surface area contributed by atoms with Crippen molar-refractivity contribution in [2.45, 2.75) is 39.7 Å². The van der Waals surface area contributed by atoms with Gasteiger partial charge in [0.15, 0.2) is 0 Å². The summed E-state index contributed by atoms with van der Waals surface area (Å²) in [6.45, 7) is 6.72. The van der Waals surface area contributed by atoms with Gasteiger partial charge in [0, 0.05) is 13.0 Å². The molecule has 0 saturated heterocycles. The van der Waals surface area contributed by atoms with Crippen molar-refractivity contribution in [1.82, 2.24) is 0 Å². The molecule has 12 heavy (non-hydrogen) atoms. The molecule has 72 valence electrons. The zero-order chi connectivity index (χ0) is 9.56. The highest BCUT2D eigenvalue weighted by Crippen LogP contribution is 2.05. The molecule has 0 heterocycles. The summed E-state index contributed by atoms with van der Waals surface area (Å²) in [7, 11) is 0. The van der Waals surface area contributed by atoms with Gasteiger partial charge in [0.25, 0.3) is 0 Å². The zero-order valence-corrected chi connectivity index (χ0v) is 8.04. The van der Waals surface area contributed by atoms with Gasteiger partial charge in [-0.25, -0.2) is 0 Å². The second-order valence-electron chi connectivity index (χ2n) is 3.32. The van der Waals surface area contributed by atoms with Crippen molar-refractivity contribution in [3.8, 4) is 0 Å². The van der Waals surface area contributed by atoms with E-state index in [0.717, 1.165) is 0 Å². The number of carboxylic acids is 1. The van der Waals surface area contributed by atoms with Crippen molar-refractivity contribution >= 4 is 5.97 Å². The van der Waals surface area contributed by atoms with Gasteiger partial charge >= 0.3 is 5.97 Å². The van der Waals surface area contributed by atoms with Crippen LogP contribution in [0.4, 0.5) is 0 Å². The van der Waals surface area contributed by atoms with Crippen LogP contribution in [0.25, 0.3) is 0 Å². The third-order valence-corrected chi connectivity index (χ3v) is 1.85. The largest absolute Gasteiger partial charge is 0.481 e. The molecule has 3 nitrogen and oxygen atoms in total. The lowest BCUT2D eigenvalue weighted by Gasteiger charge is -2.15. The molecular formula is C9H18O3. The molecule has 0 amide bonds. The fraction of sp³-hybridized carbons (Fsp3) is 0.889. The molecule has 0 aromatic carbocycles. The average Bonchev–Trinajstić information content (AvgIpc) is 1.97. The highest BCUT2D eigenvalue weighted by molar-refractivity contribution is 5.66. The molecule has 0 aliphatic carbocycles. The molecule has 0 aliphatic heterocycles. The monoisotopic (exact) mass is 174 g/mol. The van der Waals surface area contributed by atoms with E-state index in [4.69, 9.17) is 9.84 Å². The first-order chi connectivity index (χ1) is 5.54. The first kappa shape index (κ1) is 11.4. The summed E-state index contributed by atoms with van der Waals surface area (Å²) in [6.07, 6.45) is 1.02. The summed E-state index contributed by atoms with van der Waals surface area (Å²) in [5.41, 5.74) is 0. The van der Waals surface area contributed by atoms with Crippen LogP contribution in [0.5, 0.6) is 0 Å². The molecule has 0 rings (SSSR count). The summed E-state index contributed by atoms with van der Waals surface area (Å²) in [6, 6.07) is 0. The van der Waals surface area contributed by atoms with Crippen LogP contribution in [0.2, 0.25) is 0 Å². The number of ether oxygens (including phenoxy) is 1. The van der Waals surface area contributed by atoms with Crippen LogP contribution >= 0.6 is 0 Å². The number of rotatable bonds is 6. The first-order valence-corrected chi connectivity index (χ1v) is 4.37. The minimum Gasteiger partial charge on any atom is -0.481 e. The third-order valence-electron chi connectivity index (χ3n) is 1.85. The van der Waals surface area contributed by atoms with Crippen LogP contribution < -0.4 is 0 Å². The Kier molecular flexibility index (Phi) is 5.72. The maximum Gasteiger partial charge on any atom is 0.303 e. The van der Waals surface area contributed by atoms with Gasteiger partial charge in [-0.05, 0) is 19.3 Å². The van der Waals surface area contributed by atoms with Crippen LogP contribution in [0.3, 0.4) is 0 Å². The van der Waals surface area contributed by atoms with Gasteiger partial charge in [-0.2, -0.15) is 0 Å². The van der Waals surface area contributed by atoms with Gasteiger partial charge in [-0.15, -0.1) is 0 Å². The number of carbonyl (C=O) groups is 1. The van der Waals surface area contributed by atoms with E-state index in [-0.39, 0.29) is 12.5 Å². The molecule has 0 bridgehead atoms. The number of aliphatic carboxylic acids is 1. The van der Waals surface area contributed by atoms with Crippen molar-refractivity contribution in [1.29, 1.82) is 0 Å². The Morgan fingerprint density at radius 1 is 1.42 bits per heavy atom. The van der Waals surface area contributed by atoms with Gasteiger partial charge in [0.1, 0.15) is 0 Å². The Labute approximate surface area is 73.7 Å². The lowest BCUT2D eigenvalue weighted by molar-refractivity contribution is -0.137. The lowest BCUT2D eigenvalue weighted by Crippen LogP contribution is -2.16. The minimum absolute atomic E-state index is 0.199. The summed E-state index contributed by atoms with van der Waals surface area (Å²) in [5.74, 6) is -0.259. The van der Waals surface area contributed by atoms with Gasteiger partial charge in [-0.3, -0.25) is 4.79 Å². The highest BCUT2D eigenvalue weighted by atomic mass is 16.5. The standard InChI is InChI=1S/C9H18O3/c1-7(2)8(3)12-6-4-5-9(10)11/h7-8H,4-6H2,1-3H3,(H,10,11). The zero-order valence-electron chi connectivity index (χ0n) is 8.04. The molecular weight excluding hydrogens is 156 g/mol. The van der Waals surface area contributed by atoms with Gasteiger partial charge in [0.2, 0.25) is 0 Å². The number of carboxylic acid groups (broad SMARTS) is 1. The van der Waals surface area contributed by atoms with Crippen molar-refractivity contribution in [2.24, 2.45) is 5.92 Å². The molecule has 3 heteroatoms. The van der Waals surface area contributed by atoms with E-state index in [1.807, 2.05) is 6.92 Å². The van der Waals surface area contributed by atoms with E-state index < -0.39 is 5.97 Å². The summed E-state index contributed by atoms with van der Waals surface area (Å²) in [4.78, 5) is 10.1. The van der Waals surface area contributed by atoms with Crippen LogP contribution in [-0.2, 0) is 9.53 Å². The second-order valence-corrected chi connectivity index (χ2v) is 3.32. The summed E-state index contributed by atoms with van der Waals surface area (Å²) in [5, 5.41) is 8.33. The maximum absolute atomic E-state index is 10.1. The second kappa shape index (κ2) is 6.00. The normalized spacial score (nSPS) is 13.3. The smallest absolute Gasteiger partial charge is 0.303 e. The summed E-state index contributed by atoms with van der Waals surface area (Å²) < 4.78 is 5.39.